The van der Waals surface area contributed by atoms with Gasteiger partial charge in [-0.1, -0.05) is 42.5 Å². The molecule has 1 saturated carbocycles. The van der Waals surface area contributed by atoms with E-state index in [4.69, 9.17) is 0 Å². The second-order valence-corrected chi connectivity index (χ2v) is 6.44. The Kier molecular flexibility index (Phi) is 4.81. The third-order valence-electron chi connectivity index (χ3n) is 4.59. The maximum Gasteiger partial charge on any atom is 0.269 e. The Morgan fingerprint density at radius 2 is 1.80 bits per heavy atom. The molecule has 1 amide bonds. The molecule has 0 radical (unpaired) electrons. The average molecular weight is 340 g/mol. The summed E-state index contributed by atoms with van der Waals surface area (Å²) in [5.41, 5.74) is 0.453. The number of nitro groups is 1. The number of amides is 1. The molecule has 2 aromatic carbocycles. The predicted molar refractivity (Wildman–Crippen MR) is 92.9 cm³/mol. The maximum absolute atomic E-state index is 12.2. The van der Waals surface area contributed by atoms with Gasteiger partial charge in [0.25, 0.3) is 5.69 Å². The van der Waals surface area contributed by atoms with Crippen LogP contribution in [0.25, 0.3) is 0 Å². The lowest BCUT2D eigenvalue weighted by atomic mass is 9.88. The van der Waals surface area contributed by atoms with Gasteiger partial charge in [0, 0.05) is 12.1 Å². The molecule has 1 aliphatic rings. The largest absolute Gasteiger partial charge is 0.383 e. The lowest BCUT2D eigenvalue weighted by molar-refractivity contribution is -0.384. The molecule has 0 heterocycles. The zero-order valence-corrected chi connectivity index (χ0v) is 13.7. The van der Waals surface area contributed by atoms with E-state index in [0.717, 1.165) is 18.4 Å². The minimum atomic E-state index is -1.05. The van der Waals surface area contributed by atoms with E-state index in [1.807, 2.05) is 30.3 Å². The Bertz CT molecular complexity index is 757. The highest BCUT2D eigenvalue weighted by Crippen LogP contribution is 2.45. The van der Waals surface area contributed by atoms with E-state index >= 15 is 0 Å². The quantitative estimate of drug-likeness (QED) is 0.598. The average Bonchev–Trinajstić information content (AvgIpc) is 3.46. The molecule has 6 nitrogen and oxygen atoms in total. The van der Waals surface area contributed by atoms with Crippen LogP contribution in [0.5, 0.6) is 0 Å². The van der Waals surface area contributed by atoms with Crippen LogP contribution in [0.3, 0.4) is 0 Å². The molecule has 130 valence electrons. The highest BCUT2D eigenvalue weighted by atomic mass is 16.6. The standard InChI is InChI=1S/C19H20N2O4/c22-18(12-14-6-10-17(11-7-14)21(24)25)20-13-19(23,16-8-9-16)15-4-2-1-3-5-15/h1-7,10-11,16,23H,8-9,12-13H2,(H,20,22). The van der Waals surface area contributed by atoms with Gasteiger partial charge in [-0.15, -0.1) is 0 Å². The number of benzene rings is 2. The summed E-state index contributed by atoms with van der Waals surface area (Å²) in [5, 5.41) is 24.5. The fraction of sp³-hybridized carbons (Fsp3) is 0.316. The summed E-state index contributed by atoms with van der Waals surface area (Å²) < 4.78 is 0. The lowest BCUT2D eigenvalue weighted by Gasteiger charge is -2.29. The molecule has 0 spiro atoms. The molecular weight excluding hydrogens is 320 g/mol. The molecule has 2 aromatic rings. The Morgan fingerprint density at radius 3 is 2.36 bits per heavy atom. The zero-order chi connectivity index (χ0) is 17.9. The van der Waals surface area contributed by atoms with E-state index in [9.17, 15) is 20.0 Å². The molecule has 0 aliphatic heterocycles. The highest BCUT2D eigenvalue weighted by molar-refractivity contribution is 5.78. The van der Waals surface area contributed by atoms with Gasteiger partial charge in [-0.25, -0.2) is 0 Å². The van der Waals surface area contributed by atoms with Crippen molar-refractivity contribution < 1.29 is 14.8 Å². The summed E-state index contributed by atoms with van der Waals surface area (Å²) in [6.45, 7) is 0.160. The zero-order valence-electron chi connectivity index (χ0n) is 13.7. The first kappa shape index (κ1) is 17.1. The Morgan fingerprint density at radius 1 is 1.16 bits per heavy atom. The first-order valence-corrected chi connectivity index (χ1v) is 8.27. The second kappa shape index (κ2) is 7.03. The van der Waals surface area contributed by atoms with Crippen LogP contribution in [0.1, 0.15) is 24.0 Å². The molecule has 1 fully saturated rings. The van der Waals surface area contributed by atoms with Gasteiger partial charge in [-0.3, -0.25) is 14.9 Å². The summed E-state index contributed by atoms with van der Waals surface area (Å²) >= 11 is 0. The van der Waals surface area contributed by atoms with E-state index in [2.05, 4.69) is 5.32 Å². The number of nitrogens with zero attached hydrogens (tertiary/aromatic N) is 1. The molecule has 3 rings (SSSR count). The fourth-order valence-electron chi connectivity index (χ4n) is 2.99. The molecule has 1 atom stereocenters. The first-order chi connectivity index (χ1) is 12.0. The Balaban J connectivity index is 1.61. The van der Waals surface area contributed by atoms with Crippen molar-refractivity contribution in [2.24, 2.45) is 5.92 Å². The van der Waals surface area contributed by atoms with Crippen LogP contribution >= 0.6 is 0 Å². The van der Waals surface area contributed by atoms with E-state index in [-0.39, 0.29) is 30.5 Å². The Labute approximate surface area is 145 Å². The smallest absolute Gasteiger partial charge is 0.269 e. The summed E-state index contributed by atoms with van der Waals surface area (Å²) in [7, 11) is 0. The molecule has 0 saturated heterocycles. The number of carbonyl (C=O) groups is 1. The monoisotopic (exact) mass is 340 g/mol. The second-order valence-electron chi connectivity index (χ2n) is 6.44. The SMILES string of the molecule is O=C(Cc1ccc([N+](=O)[O-])cc1)NCC(O)(c1ccccc1)C1CC1. The Hall–Kier alpha value is -2.73. The van der Waals surface area contributed by atoms with Gasteiger partial charge in [0.2, 0.25) is 5.91 Å². The van der Waals surface area contributed by atoms with Crippen LogP contribution in [0.4, 0.5) is 5.69 Å². The van der Waals surface area contributed by atoms with Crippen molar-refractivity contribution in [1.82, 2.24) is 5.32 Å². The van der Waals surface area contributed by atoms with E-state index in [0.29, 0.717) is 5.56 Å². The van der Waals surface area contributed by atoms with Crippen LogP contribution < -0.4 is 5.32 Å². The number of carbonyl (C=O) groups excluding carboxylic acids is 1. The molecule has 25 heavy (non-hydrogen) atoms. The van der Waals surface area contributed by atoms with Crippen molar-refractivity contribution in [3.63, 3.8) is 0 Å². The highest BCUT2D eigenvalue weighted by Gasteiger charge is 2.45. The molecule has 0 bridgehead atoms. The molecule has 6 heteroatoms. The number of nitrogens with one attached hydrogen (secondary N) is 1. The maximum atomic E-state index is 12.2. The summed E-state index contributed by atoms with van der Waals surface area (Å²) in [6.07, 6.45) is 2.01. The summed E-state index contributed by atoms with van der Waals surface area (Å²) in [4.78, 5) is 22.4. The van der Waals surface area contributed by atoms with Crippen LogP contribution in [-0.4, -0.2) is 22.5 Å². The normalized spacial score (nSPS) is 16.0. The van der Waals surface area contributed by atoms with E-state index < -0.39 is 10.5 Å². The minimum Gasteiger partial charge on any atom is -0.383 e. The van der Waals surface area contributed by atoms with Crippen LogP contribution in [0, 0.1) is 16.0 Å². The number of aliphatic hydroxyl groups is 1. The number of non-ortho nitro benzene ring substituents is 1. The minimum absolute atomic E-state index is 0.00338. The fourth-order valence-corrected chi connectivity index (χ4v) is 2.99. The van der Waals surface area contributed by atoms with Gasteiger partial charge in [-0.2, -0.15) is 0 Å². The lowest BCUT2D eigenvalue weighted by Crippen LogP contribution is -2.43. The van der Waals surface area contributed by atoms with Crippen LogP contribution in [0.15, 0.2) is 54.6 Å². The van der Waals surface area contributed by atoms with Gasteiger partial charge in [-0.05, 0) is 29.9 Å². The third-order valence-corrected chi connectivity index (χ3v) is 4.59. The van der Waals surface area contributed by atoms with Gasteiger partial charge >= 0.3 is 0 Å². The van der Waals surface area contributed by atoms with Gasteiger partial charge < -0.3 is 10.4 Å². The van der Waals surface area contributed by atoms with Crippen molar-refractivity contribution in [3.8, 4) is 0 Å². The molecule has 0 aromatic heterocycles. The topological polar surface area (TPSA) is 92.5 Å². The van der Waals surface area contributed by atoms with Gasteiger partial charge in [0.05, 0.1) is 17.9 Å². The van der Waals surface area contributed by atoms with Crippen molar-refractivity contribution in [1.29, 1.82) is 0 Å². The summed E-state index contributed by atoms with van der Waals surface area (Å²) in [5.74, 6) is -0.0570. The molecule has 1 aliphatic carbocycles. The van der Waals surface area contributed by atoms with Gasteiger partial charge in [0.1, 0.15) is 5.60 Å². The molecular formula is C19H20N2O4. The van der Waals surface area contributed by atoms with Crippen molar-refractivity contribution in [2.75, 3.05) is 6.54 Å². The number of hydrogen-bond acceptors (Lipinski definition) is 4. The third kappa shape index (κ3) is 4.03. The first-order valence-electron chi connectivity index (χ1n) is 8.27. The van der Waals surface area contributed by atoms with Crippen LogP contribution in [0.2, 0.25) is 0 Å². The van der Waals surface area contributed by atoms with E-state index in [1.54, 1.807) is 12.1 Å². The number of hydrogen-bond donors (Lipinski definition) is 2. The van der Waals surface area contributed by atoms with Gasteiger partial charge in [0.15, 0.2) is 0 Å². The molecule has 2 N–H and O–H groups in total. The van der Waals surface area contributed by atoms with Crippen molar-refractivity contribution in [2.45, 2.75) is 24.9 Å². The van der Waals surface area contributed by atoms with Crippen molar-refractivity contribution >= 4 is 11.6 Å². The number of nitro benzene ring substituents is 1. The predicted octanol–water partition coefficient (Wildman–Crippen LogP) is 2.55. The molecule has 1 unspecified atom stereocenters. The van der Waals surface area contributed by atoms with E-state index in [1.165, 1.54) is 12.1 Å². The van der Waals surface area contributed by atoms with Crippen molar-refractivity contribution in [3.05, 3.63) is 75.8 Å². The number of rotatable bonds is 7. The summed E-state index contributed by atoms with van der Waals surface area (Å²) in [6, 6.07) is 15.3. The van der Waals surface area contributed by atoms with Crippen LogP contribution in [-0.2, 0) is 16.8 Å².